The van der Waals surface area contributed by atoms with E-state index in [0.29, 0.717) is 25.9 Å². The molecule has 0 fully saturated rings. The molecule has 0 radical (unpaired) electrons. The van der Waals surface area contributed by atoms with Gasteiger partial charge in [-0.05, 0) is 51.4 Å². The predicted octanol–water partition coefficient (Wildman–Crippen LogP) is 22.8. The highest BCUT2D eigenvalue weighted by molar-refractivity contribution is 5.76. The zero-order chi connectivity index (χ0) is 55.7. The molecule has 0 aromatic rings. The van der Waals surface area contributed by atoms with Gasteiger partial charge in [0.05, 0.1) is 25.4 Å². The summed E-state index contributed by atoms with van der Waals surface area (Å²) in [5.74, 6) is -0.0172. The molecule has 0 aromatic heterocycles. The number of nitrogens with one attached hydrogen (secondary N) is 1. The van der Waals surface area contributed by atoms with Gasteiger partial charge in [0, 0.05) is 12.8 Å². The van der Waals surface area contributed by atoms with Crippen molar-refractivity contribution in [3.8, 4) is 0 Å². The van der Waals surface area contributed by atoms with Gasteiger partial charge in [0.25, 0.3) is 0 Å². The molecule has 458 valence electrons. The number of carbonyl (C=O) groups excluding carboxylic acids is 2. The first-order valence-electron chi connectivity index (χ1n) is 35.4. The molecular weight excluding hydrogens is 947 g/mol. The van der Waals surface area contributed by atoms with Crippen molar-refractivity contribution >= 4 is 11.9 Å². The van der Waals surface area contributed by atoms with Crippen LogP contribution in [0.3, 0.4) is 0 Å². The quantitative estimate of drug-likeness (QED) is 0.0320. The van der Waals surface area contributed by atoms with Crippen molar-refractivity contribution in [3.63, 3.8) is 0 Å². The van der Waals surface area contributed by atoms with E-state index < -0.39 is 12.1 Å². The Morgan fingerprint density at radius 2 is 0.610 bits per heavy atom. The molecule has 0 spiro atoms. The maximum Gasteiger partial charge on any atom is 0.305 e. The number of unbranched alkanes of at least 4 members (excludes halogenated alkanes) is 54. The fourth-order valence-electron chi connectivity index (χ4n) is 11.4. The number of esters is 1. The van der Waals surface area contributed by atoms with Gasteiger partial charge in [-0.1, -0.05) is 353 Å². The minimum Gasteiger partial charge on any atom is -0.466 e. The van der Waals surface area contributed by atoms with Crippen LogP contribution in [-0.4, -0.2) is 47.4 Å². The summed E-state index contributed by atoms with van der Waals surface area (Å²) in [6, 6.07) is -0.541. The summed E-state index contributed by atoms with van der Waals surface area (Å²) in [5.41, 5.74) is 0. The molecule has 0 saturated heterocycles. The molecule has 2 atom stereocenters. The number of allylic oxidation sites excluding steroid dienone is 2. The summed E-state index contributed by atoms with van der Waals surface area (Å²) >= 11 is 0. The van der Waals surface area contributed by atoms with Crippen molar-refractivity contribution in [2.24, 2.45) is 0 Å². The first-order chi connectivity index (χ1) is 38.0. The third-order valence-corrected chi connectivity index (χ3v) is 16.8. The smallest absolute Gasteiger partial charge is 0.305 e. The lowest BCUT2D eigenvalue weighted by atomic mass is 10.0. The van der Waals surface area contributed by atoms with Gasteiger partial charge in [-0.15, -0.1) is 0 Å². The topological polar surface area (TPSA) is 95.9 Å². The fourth-order valence-corrected chi connectivity index (χ4v) is 11.4. The lowest BCUT2D eigenvalue weighted by Gasteiger charge is -2.22. The van der Waals surface area contributed by atoms with Crippen molar-refractivity contribution in [2.75, 3.05) is 13.2 Å². The Balaban J connectivity index is 3.36. The van der Waals surface area contributed by atoms with Crippen LogP contribution < -0.4 is 5.32 Å². The fraction of sp³-hybridized carbons (Fsp3) is 0.944. The maximum atomic E-state index is 12.5. The van der Waals surface area contributed by atoms with Crippen LogP contribution in [0.5, 0.6) is 0 Å². The van der Waals surface area contributed by atoms with Crippen LogP contribution in [0.4, 0.5) is 0 Å². The highest BCUT2D eigenvalue weighted by atomic mass is 16.5. The van der Waals surface area contributed by atoms with Gasteiger partial charge >= 0.3 is 5.97 Å². The Morgan fingerprint density at radius 1 is 0.351 bits per heavy atom. The first-order valence-corrected chi connectivity index (χ1v) is 35.4. The van der Waals surface area contributed by atoms with Crippen LogP contribution in [0.25, 0.3) is 0 Å². The van der Waals surface area contributed by atoms with Gasteiger partial charge in [-0.2, -0.15) is 0 Å². The van der Waals surface area contributed by atoms with E-state index >= 15 is 0 Å². The van der Waals surface area contributed by atoms with Gasteiger partial charge in [0.2, 0.25) is 5.91 Å². The Morgan fingerprint density at radius 3 is 0.922 bits per heavy atom. The largest absolute Gasteiger partial charge is 0.466 e. The maximum absolute atomic E-state index is 12.5. The molecule has 3 N–H and O–H groups in total. The summed E-state index contributed by atoms with van der Waals surface area (Å²) in [4.78, 5) is 24.6. The summed E-state index contributed by atoms with van der Waals surface area (Å²) in [5, 5.41) is 23.4. The molecule has 6 heteroatoms. The summed E-state index contributed by atoms with van der Waals surface area (Å²) in [6.07, 6.45) is 82.5. The first kappa shape index (κ1) is 75.6. The molecule has 1 amide bonds. The number of amides is 1. The van der Waals surface area contributed by atoms with E-state index in [9.17, 15) is 19.8 Å². The number of carbonyl (C=O) groups is 2. The molecule has 2 unspecified atom stereocenters. The Bertz CT molecular complexity index is 1160. The lowest BCUT2D eigenvalue weighted by molar-refractivity contribution is -0.143. The van der Waals surface area contributed by atoms with Crippen LogP contribution in [0.2, 0.25) is 0 Å². The van der Waals surface area contributed by atoms with Gasteiger partial charge < -0.3 is 20.3 Å². The van der Waals surface area contributed by atoms with Gasteiger partial charge in [0.15, 0.2) is 0 Å². The van der Waals surface area contributed by atoms with Crippen LogP contribution in [0, 0.1) is 0 Å². The second-order valence-electron chi connectivity index (χ2n) is 24.6. The van der Waals surface area contributed by atoms with Crippen molar-refractivity contribution in [1.29, 1.82) is 0 Å². The van der Waals surface area contributed by atoms with E-state index in [4.69, 9.17) is 4.74 Å². The van der Waals surface area contributed by atoms with Crippen LogP contribution >= 0.6 is 0 Å². The van der Waals surface area contributed by atoms with Gasteiger partial charge in [0.1, 0.15) is 0 Å². The Labute approximate surface area is 482 Å². The third-order valence-electron chi connectivity index (χ3n) is 16.8. The summed E-state index contributed by atoms with van der Waals surface area (Å²) in [6.45, 7) is 4.99. The second kappa shape index (κ2) is 67.1. The van der Waals surface area contributed by atoms with E-state index in [1.807, 2.05) is 0 Å². The highest BCUT2D eigenvalue weighted by Crippen LogP contribution is 2.19. The van der Waals surface area contributed by atoms with Crippen molar-refractivity contribution < 1.29 is 24.5 Å². The van der Waals surface area contributed by atoms with Crippen LogP contribution in [0.15, 0.2) is 12.2 Å². The average molecular weight is 1090 g/mol. The van der Waals surface area contributed by atoms with E-state index in [1.165, 1.54) is 327 Å². The number of rotatable bonds is 67. The van der Waals surface area contributed by atoms with Crippen molar-refractivity contribution in [1.82, 2.24) is 5.32 Å². The molecule has 0 rings (SSSR count). The molecule has 0 bridgehead atoms. The molecule has 0 saturated carbocycles. The van der Waals surface area contributed by atoms with E-state index in [1.54, 1.807) is 0 Å². The zero-order valence-corrected chi connectivity index (χ0v) is 52.5. The van der Waals surface area contributed by atoms with E-state index in [0.717, 1.165) is 44.9 Å². The Hall–Kier alpha value is -1.40. The number of aliphatic hydroxyl groups is 2. The minimum atomic E-state index is -0.664. The number of aliphatic hydroxyl groups excluding tert-OH is 2. The molecule has 6 nitrogen and oxygen atoms in total. The van der Waals surface area contributed by atoms with Gasteiger partial charge in [-0.3, -0.25) is 9.59 Å². The molecule has 0 aliphatic heterocycles. The summed E-state index contributed by atoms with van der Waals surface area (Å²) < 4.78 is 5.51. The van der Waals surface area contributed by atoms with Gasteiger partial charge in [-0.25, -0.2) is 0 Å². The molecule has 0 heterocycles. The van der Waals surface area contributed by atoms with Crippen LogP contribution in [-0.2, 0) is 14.3 Å². The monoisotopic (exact) mass is 1090 g/mol. The molecule has 0 aliphatic carbocycles. The predicted molar refractivity (Wildman–Crippen MR) is 338 cm³/mol. The molecule has 0 aliphatic rings. The molecule has 77 heavy (non-hydrogen) atoms. The van der Waals surface area contributed by atoms with Crippen LogP contribution in [0.1, 0.15) is 406 Å². The third kappa shape index (κ3) is 63.6. The standard InChI is InChI=1S/C71H139NO5/c1-3-5-7-9-11-13-15-17-19-21-28-31-35-39-43-47-51-55-59-63-69(74)68(67-73)72-70(75)64-60-56-52-48-44-40-36-32-29-26-24-23-25-27-30-34-38-42-46-50-54-58-62-66-77-71(76)65-61-57-53-49-45-41-37-33-22-20-18-16-14-12-10-8-6-4-2/h20,22,68-69,73-74H,3-19,21,23-67H2,1-2H3,(H,72,75)/b22-20-. The minimum absolute atomic E-state index is 0.0128. The van der Waals surface area contributed by atoms with E-state index in [2.05, 4.69) is 31.3 Å². The SMILES string of the molecule is CCCCCCCCC/C=C\CCCCCCCCCC(=O)OCCCCCCCCCCCCCCCCCCCCCCCCCC(=O)NC(CO)C(O)CCCCCCCCCCCCCCCCCCCCC. The summed E-state index contributed by atoms with van der Waals surface area (Å²) in [7, 11) is 0. The second-order valence-corrected chi connectivity index (χ2v) is 24.6. The number of ether oxygens (including phenoxy) is 1. The van der Waals surface area contributed by atoms with Crippen molar-refractivity contribution in [3.05, 3.63) is 12.2 Å². The average Bonchev–Trinajstić information content (AvgIpc) is 3.43. The lowest BCUT2D eigenvalue weighted by Crippen LogP contribution is -2.45. The zero-order valence-electron chi connectivity index (χ0n) is 52.5. The number of hydrogen-bond donors (Lipinski definition) is 3. The van der Waals surface area contributed by atoms with Crippen molar-refractivity contribution in [2.45, 2.75) is 418 Å². The molecule has 0 aromatic carbocycles. The number of hydrogen-bond acceptors (Lipinski definition) is 5. The highest BCUT2D eigenvalue weighted by Gasteiger charge is 2.20. The Kier molecular flexibility index (Phi) is 65.9. The molecular formula is C71H139NO5. The van der Waals surface area contributed by atoms with E-state index in [-0.39, 0.29) is 18.5 Å². The normalized spacial score (nSPS) is 12.5.